The SMILES string of the molecule is Brc1cncc(CSc2ncnc3nc[nH]c23)c1. The van der Waals surface area contributed by atoms with E-state index in [-0.39, 0.29) is 0 Å². The summed E-state index contributed by atoms with van der Waals surface area (Å²) in [6, 6.07) is 2.05. The Morgan fingerprint density at radius 1 is 1.22 bits per heavy atom. The molecule has 0 unspecified atom stereocenters. The number of nitrogens with one attached hydrogen (secondary N) is 1. The third-order valence-electron chi connectivity index (χ3n) is 2.33. The van der Waals surface area contributed by atoms with Gasteiger partial charge in [-0.1, -0.05) is 11.8 Å². The van der Waals surface area contributed by atoms with Gasteiger partial charge in [0.05, 0.1) is 6.33 Å². The number of aromatic nitrogens is 5. The molecule has 0 aliphatic carbocycles. The van der Waals surface area contributed by atoms with Crippen molar-refractivity contribution in [2.45, 2.75) is 10.8 Å². The van der Waals surface area contributed by atoms with E-state index in [1.54, 1.807) is 24.3 Å². The van der Waals surface area contributed by atoms with Crippen LogP contribution in [0.1, 0.15) is 5.56 Å². The van der Waals surface area contributed by atoms with Gasteiger partial charge in [-0.2, -0.15) is 0 Å². The Hall–Kier alpha value is -1.47. The summed E-state index contributed by atoms with van der Waals surface area (Å²) in [4.78, 5) is 19.6. The molecule has 0 amide bonds. The smallest absolute Gasteiger partial charge is 0.181 e. The molecular formula is C11H8BrN5S. The molecule has 0 radical (unpaired) electrons. The van der Waals surface area contributed by atoms with Gasteiger partial charge in [-0.3, -0.25) is 4.98 Å². The van der Waals surface area contributed by atoms with Gasteiger partial charge in [0.25, 0.3) is 0 Å². The number of H-pyrrole nitrogens is 1. The molecular weight excluding hydrogens is 314 g/mol. The number of halogens is 1. The second-order valence-electron chi connectivity index (χ2n) is 3.58. The van der Waals surface area contributed by atoms with Crippen LogP contribution in [-0.2, 0) is 5.75 Å². The monoisotopic (exact) mass is 321 g/mol. The second-order valence-corrected chi connectivity index (χ2v) is 5.46. The summed E-state index contributed by atoms with van der Waals surface area (Å²) in [6.07, 6.45) is 6.78. The lowest BCUT2D eigenvalue weighted by atomic mass is 10.3. The van der Waals surface area contributed by atoms with E-state index in [1.807, 2.05) is 12.3 Å². The number of nitrogens with zero attached hydrogens (tertiary/aromatic N) is 4. The third kappa shape index (κ3) is 2.37. The maximum Gasteiger partial charge on any atom is 0.181 e. The number of thioether (sulfide) groups is 1. The van der Waals surface area contributed by atoms with Crippen molar-refractivity contribution in [1.82, 2.24) is 24.9 Å². The lowest BCUT2D eigenvalue weighted by Crippen LogP contribution is -1.88. The fourth-order valence-corrected chi connectivity index (χ4v) is 2.83. The first kappa shape index (κ1) is 11.6. The quantitative estimate of drug-likeness (QED) is 0.593. The summed E-state index contributed by atoms with van der Waals surface area (Å²) in [5.74, 6) is 0.803. The summed E-state index contributed by atoms with van der Waals surface area (Å²) >= 11 is 5.04. The average molecular weight is 322 g/mol. The normalized spacial score (nSPS) is 10.9. The first-order chi connectivity index (χ1) is 8.83. The summed E-state index contributed by atoms with van der Waals surface area (Å²) in [5.41, 5.74) is 2.71. The van der Waals surface area contributed by atoms with Crippen LogP contribution in [0.15, 0.2) is 40.6 Å². The van der Waals surface area contributed by atoms with Gasteiger partial charge >= 0.3 is 0 Å². The molecule has 5 nitrogen and oxygen atoms in total. The fraction of sp³-hybridized carbons (Fsp3) is 0.0909. The van der Waals surface area contributed by atoms with E-state index in [2.05, 4.69) is 40.8 Å². The third-order valence-corrected chi connectivity index (χ3v) is 3.82. The Labute approximate surface area is 116 Å². The molecule has 18 heavy (non-hydrogen) atoms. The molecule has 3 aromatic rings. The summed E-state index contributed by atoms with van der Waals surface area (Å²) in [7, 11) is 0. The summed E-state index contributed by atoms with van der Waals surface area (Å²) in [5, 5.41) is 0.900. The molecule has 3 aromatic heterocycles. The highest BCUT2D eigenvalue weighted by atomic mass is 79.9. The molecule has 7 heteroatoms. The number of fused-ring (bicyclic) bond motifs is 1. The molecule has 0 spiro atoms. The van der Waals surface area contributed by atoms with E-state index < -0.39 is 0 Å². The number of rotatable bonds is 3. The van der Waals surface area contributed by atoms with Crippen molar-refractivity contribution in [1.29, 1.82) is 0 Å². The van der Waals surface area contributed by atoms with Crippen LogP contribution < -0.4 is 0 Å². The van der Waals surface area contributed by atoms with Crippen LogP contribution in [0.4, 0.5) is 0 Å². The molecule has 0 saturated heterocycles. The summed E-state index contributed by atoms with van der Waals surface area (Å²) in [6.45, 7) is 0. The number of pyridine rings is 1. The van der Waals surface area contributed by atoms with Crippen LogP contribution in [0.25, 0.3) is 11.2 Å². The lowest BCUT2D eigenvalue weighted by Gasteiger charge is -2.02. The molecule has 3 heterocycles. The molecule has 1 N–H and O–H groups in total. The van der Waals surface area contributed by atoms with Crippen molar-refractivity contribution in [3.8, 4) is 0 Å². The summed E-state index contributed by atoms with van der Waals surface area (Å²) < 4.78 is 0.981. The predicted octanol–water partition coefficient (Wildman–Crippen LogP) is 2.80. The van der Waals surface area contributed by atoms with Crippen LogP contribution >= 0.6 is 27.7 Å². The van der Waals surface area contributed by atoms with Gasteiger partial charge in [-0.25, -0.2) is 15.0 Å². The van der Waals surface area contributed by atoms with Gasteiger partial charge < -0.3 is 4.98 Å². The first-order valence-electron chi connectivity index (χ1n) is 5.19. The maximum absolute atomic E-state index is 4.27. The topological polar surface area (TPSA) is 67.3 Å². The number of hydrogen-bond donors (Lipinski definition) is 1. The van der Waals surface area contributed by atoms with Crippen molar-refractivity contribution >= 4 is 38.9 Å². The Morgan fingerprint density at radius 3 is 3.06 bits per heavy atom. The zero-order valence-electron chi connectivity index (χ0n) is 9.17. The minimum absolute atomic E-state index is 0.694. The minimum Gasteiger partial charge on any atom is -0.341 e. The zero-order chi connectivity index (χ0) is 12.4. The fourth-order valence-electron chi connectivity index (χ4n) is 1.54. The van der Waals surface area contributed by atoms with E-state index in [0.717, 1.165) is 26.3 Å². The van der Waals surface area contributed by atoms with Crippen LogP contribution in [0.2, 0.25) is 0 Å². The van der Waals surface area contributed by atoms with Crippen LogP contribution in [0.5, 0.6) is 0 Å². The van der Waals surface area contributed by atoms with Crippen LogP contribution in [0, 0.1) is 0 Å². The second kappa shape index (κ2) is 5.03. The molecule has 0 atom stereocenters. The van der Waals surface area contributed by atoms with Crippen molar-refractivity contribution < 1.29 is 0 Å². The predicted molar refractivity (Wildman–Crippen MR) is 73.2 cm³/mol. The maximum atomic E-state index is 4.27. The molecule has 0 aliphatic rings. The van der Waals surface area contributed by atoms with Gasteiger partial charge in [-0.05, 0) is 27.6 Å². The molecule has 0 saturated carbocycles. The highest BCUT2D eigenvalue weighted by molar-refractivity contribution is 9.10. The van der Waals surface area contributed by atoms with Gasteiger partial charge in [0.15, 0.2) is 5.65 Å². The minimum atomic E-state index is 0.694. The number of aromatic amines is 1. The first-order valence-corrected chi connectivity index (χ1v) is 6.97. The van der Waals surface area contributed by atoms with E-state index in [1.165, 1.54) is 6.33 Å². The van der Waals surface area contributed by atoms with Crippen molar-refractivity contribution in [3.63, 3.8) is 0 Å². The Kier molecular flexibility index (Phi) is 3.24. The number of imidazole rings is 1. The van der Waals surface area contributed by atoms with Crippen molar-refractivity contribution in [3.05, 3.63) is 41.2 Å². The molecule has 90 valence electrons. The molecule has 0 bridgehead atoms. The average Bonchev–Trinajstić information content (AvgIpc) is 2.85. The van der Waals surface area contributed by atoms with E-state index >= 15 is 0 Å². The lowest BCUT2D eigenvalue weighted by molar-refractivity contribution is 1.08. The van der Waals surface area contributed by atoms with Crippen molar-refractivity contribution in [2.75, 3.05) is 0 Å². The van der Waals surface area contributed by atoms with Crippen LogP contribution in [-0.4, -0.2) is 24.9 Å². The van der Waals surface area contributed by atoms with Gasteiger partial charge in [0.1, 0.15) is 16.9 Å². The van der Waals surface area contributed by atoms with E-state index in [9.17, 15) is 0 Å². The molecule has 0 aliphatic heterocycles. The Balaban J connectivity index is 1.83. The highest BCUT2D eigenvalue weighted by Gasteiger charge is 2.06. The van der Waals surface area contributed by atoms with Gasteiger partial charge in [0.2, 0.25) is 0 Å². The molecule has 0 fully saturated rings. The Bertz CT molecular complexity index is 684. The van der Waals surface area contributed by atoms with E-state index in [0.29, 0.717) is 5.65 Å². The largest absolute Gasteiger partial charge is 0.341 e. The molecule has 3 rings (SSSR count). The van der Waals surface area contributed by atoms with Crippen molar-refractivity contribution in [2.24, 2.45) is 0 Å². The van der Waals surface area contributed by atoms with Gasteiger partial charge in [-0.15, -0.1) is 0 Å². The zero-order valence-corrected chi connectivity index (χ0v) is 11.6. The molecule has 0 aromatic carbocycles. The standard InChI is InChI=1S/C11H8BrN5S/c12-8-1-7(2-13-3-8)4-18-11-9-10(15-5-14-9)16-6-17-11/h1-3,5-6H,4H2,(H,14,15,16,17). The van der Waals surface area contributed by atoms with E-state index in [4.69, 9.17) is 0 Å². The number of hydrogen-bond acceptors (Lipinski definition) is 5. The van der Waals surface area contributed by atoms with Gasteiger partial charge in [0, 0.05) is 22.6 Å². The Morgan fingerprint density at radius 2 is 2.17 bits per heavy atom. The highest BCUT2D eigenvalue weighted by Crippen LogP contribution is 2.25. The van der Waals surface area contributed by atoms with Crippen LogP contribution in [0.3, 0.4) is 0 Å².